The molecule has 0 aliphatic heterocycles. The van der Waals surface area contributed by atoms with E-state index in [9.17, 15) is 0 Å². The average Bonchev–Trinajstić information content (AvgIpc) is 2.09. The molecule has 1 rings (SSSR count). The van der Waals surface area contributed by atoms with E-state index < -0.39 is 0 Å². The van der Waals surface area contributed by atoms with Crippen LogP contribution < -0.4 is 0 Å². The summed E-state index contributed by atoms with van der Waals surface area (Å²) < 4.78 is 0. The van der Waals surface area contributed by atoms with Gasteiger partial charge >= 0.3 is 0 Å². The van der Waals surface area contributed by atoms with Gasteiger partial charge in [-0.2, -0.15) is 0 Å². The van der Waals surface area contributed by atoms with Gasteiger partial charge in [-0.25, -0.2) is 0 Å². The fourth-order valence-electron chi connectivity index (χ4n) is 2.06. The Labute approximate surface area is 75.4 Å². The molecule has 0 amide bonds. The lowest BCUT2D eigenvalue weighted by molar-refractivity contribution is 0.318. The summed E-state index contributed by atoms with van der Waals surface area (Å²) in [7, 11) is 0. The van der Waals surface area contributed by atoms with Gasteiger partial charge in [-0.15, -0.1) is 0 Å². The van der Waals surface area contributed by atoms with E-state index in [-0.39, 0.29) is 0 Å². The Hall–Kier alpha value is -0.590. The third-order valence-corrected chi connectivity index (χ3v) is 2.81. The van der Waals surface area contributed by atoms with E-state index in [1.165, 1.54) is 25.7 Å². The molecule has 1 fully saturated rings. The molecule has 0 heterocycles. The molecular formula is C11H19N. The first-order chi connectivity index (χ1) is 5.86. The molecule has 0 unspecified atom stereocenters. The Morgan fingerprint density at radius 3 is 2.42 bits per heavy atom. The van der Waals surface area contributed by atoms with Crippen molar-refractivity contribution in [2.75, 3.05) is 0 Å². The average molecular weight is 165 g/mol. The van der Waals surface area contributed by atoms with Crippen LogP contribution in [0.15, 0.2) is 12.2 Å². The third kappa shape index (κ3) is 2.80. The Morgan fingerprint density at radius 1 is 1.25 bits per heavy atom. The van der Waals surface area contributed by atoms with Gasteiger partial charge in [-0.1, -0.05) is 12.2 Å². The zero-order valence-corrected chi connectivity index (χ0v) is 7.92. The topological polar surface area (TPSA) is 23.9 Å². The van der Waals surface area contributed by atoms with Crippen molar-refractivity contribution < 1.29 is 0 Å². The molecular weight excluding hydrogens is 146 g/mol. The van der Waals surface area contributed by atoms with Crippen molar-refractivity contribution in [3.8, 4) is 0 Å². The van der Waals surface area contributed by atoms with Crippen molar-refractivity contribution >= 4 is 6.21 Å². The Morgan fingerprint density at radius 2 is 1.92 bits per heavy atom. The molecule has 68 valence electrons. The number of hydrogen-bond donors (Lipinski definition) is 1. The molecule has 0 aromatic heterocycles. The van der Waals surface area contributed by atoms with E-state index in [1.54, 1.807) is 6.21 Å². The maximum absolute atomic E-state index is 7.03. The summed E-state index contributed by atoms with van der Waals surface area (Å²) in [6.07, 6.45) is 12.4. The van der Waals surface area contributed by atoms with E-state index >= 15 is 0 Å². The number of allylic oxidation sites excluding steroid dienone is 2. The summed E-state index contributed by atoms with van der Waals surface area (Å²) in [4.78, 5) is 0. The van der Waals surface area contributed by atoms with E-state index in [0.29, 0.717) is 0 Å². The first-order valence-corrected chi connectivity index (χ1v) is 4.98. The first kappa shape index (κ1) is 9.50. The highest BCUT2D eigenvalue weighted by atomic mass is 14.3. The highest BCUT2D eigenvalue weighted by Crippen LogP contribution is 2.30. The Balaban J connectivity index is 2.24. The normalized spacial score (nSPS) is 30.8. The molecule has 0 aromatic rings. The summed E-state index contributed by atoms with van der Waals surface area (Å²) in [6, 6.07) is 0. The third-order valence-electron chi connectivity index (χ3n) is 2.81. The molecule has 1 saturated carbocycles. The number of rotatable bonds is 3. The first-order valence-electron chi connectivity index (χ1n) is 4.98. The number of nitrogens with one attached hydrogen (secondary N) is 1. The largest absolute Gasteiger partial charge is 0.313 e. The summed E-state index contributed by atoms with van der Waals surface area (Å²) in [5.41, 5.74) is 0. The maximum Gasteiger partial charge on any atom is -0.00450 e. The van der Waals surface area contributed by atoms with Crippen LogP contribution in [0.5, 0.6) is 0 Å². The highest BCUT2D eigenvalue weighted by molar-refractivity contribution is 5.53. The molecule has 1 aliphatic rings. The fourth-order valence-corrected chi connectivity index (χ4v) is 2.06. The number of hydrogen-bond acceptors (Lipinski definition) is 1. The molecule has 0 saturated heterocycles. The lowest BCUT2D eigenvalue weighted by Crippen LogP contribution is -2.13. The van der Waals surface area contributed by atoms with Gasteiger partial charge in [0.25, 0.3) is 0 Å². The zero-order chi connectivity index (χ0) is 8.81. The monoisotopic (exact) mass is 165 g/mol. The molecule has 0 aromatic carbocycles. The molecule has 1 heteroatoms. The van der Waals surface area contributed by atoms with Gasteiger partial charge in [-0.3, -0.25) is 0 Å². The van der Waals surface area contributed by atoms with E-state index in [0.717, 1.165) is 18.3 Å². The molecule has 1 nitrogen and oxygen atoms in total. The Bertz CT molecular complexity index is 152. The van der Waals surface area contributed by atoms with Crippen LogP contribution in [0, 0.1) is 17.2 Å². The van der Waals surface area contributed by atoms with Crippen molar-refractivity contribution in [1.82, 2.24) is 0 Å². The van der Waals surface area contributed by atoms with Crippen LogP contribution in [-0.4, -0.2) is 6.21 Å². The van der Waals surface area contributed by atoms with Crippen LogP contribution in [0.2, 0.25) is 0 Å². The summed E-state index contributed by atoms with van der Waals surface area (Å²) in [6.45, 7) is 2.10. The van der Waals surface area contributed by atoms with Crippen LogP contribution in [0.4, 0.5) is 0 Å². The second-order valence-electron chi connectivity index (χ2n) is 3.75. The van der Waals surface area contributed by atoms with Crippen molar-refractivity contribution in [3.05, 3.63) is 12.2 Å². The van der Waals surface area contributed by atoms with Crippen LogP contribution >= 0.6 is 0 Å². The fraction of sp³-hybridized carbons (Fsp3) is 0.727. The highest BCUT2D eigenvalue weighted by Gasteiger charge is 2.17. The molecule has 1 aliphatic carbocycles. The maximum atomic E-state index is 7.03. The van der Waals surface area contributed by atoms with E-state index in [1.807, 2.05) is 0 Å². The van der Waals surface area contributed by atoms with Crippen molar-refractivity contribution in [2.45, 2.75) is 39.0 Å². The van der Waals surface area contributed by atoms with Gasteiger partial charge in [0.1, 0.15) is 0 Å². The molecule has 0 bridgehead atoms. The zero-order valence-electron chi connectivity index (χ0n) is 7.92. The van der Waals surface area contributed by atoms with Crippen LogP contribution in [-0.2, 0) is 0 Å². The summed E-state index contributed by atoms with van der Waals surface area (Å²) >= 11 is 0. The van der Waals surface area contributed by atoms with Gasteiger partial charge in [0.15, 0.2) is 0 Å². The second kappa shape index (κ2) is 5.13. The van der Waals surface area contributed by atoms with Gasteiger partial charge in [0, 0.05) is 0 Å². The SMILES string of the molecule is C/C=C/C1CCC(CC=N)CC1. The minimum absolute atomic E-state index is 0.809. The summed E-state index contributed by atoms with van der Waals surface area (Å²) in [5.74, 6) is 1.64. The van der Waals surface area contributed by atoms with Crippen molar-refractivity contribution in [2.24, 2.45) is 11.8 Å². The second-order valence-corrected chi connectivity index (χ2v) is 3.75. The molecule has 1 N–H and O–H groups in total. The smallest absolute Gasteiger partial charge is 0.00450 e. The minimum Gasteiger partial charge on any atom is -0.313 e. The Kier molecular flexibility index (Phi) is 4.06. The van der Waals surface area contributed by atoms with Gasteiger partial charge in [0.05, 0.1) is 0 Å². The van der Waals surface area contributed by atoms with Gasteiger partial charge < -0.3 is 5.41 Å². The molecule has 12 heavy (non-hydrogen) atoms. The molecule has 0 radical (unpaired) electrons. The molecule has 0 atom stereocenters. The predicted molar refractivity (Wildman–Crippen MR) is 53.7 cm³/mol. The van der Waals surface area contributed by atoms with Crippen LogP contribution in [0.25, 0.3) is 0 Å². The lowest BCUT2D eigenvalue weighted by atomic mass is 9.81. The van der Waals surface area contributed by atoms with Gasteiger partial charge in [-0.05, 0) is 57.1 Å². The summed E-state index contributed by atoms with van der Waals surface area (Å²) in [5, 5.41) is 7.03. The van der Waals surface area contributed by atoms with Crippen molar-refractivity contribution in [3.63, 3.8) is 0 Å². The minimum atomic E-state index is 0.809. The quantitative estimate of drug-likeness (QED) is 0.489. The molecule has 0 spiro atoms. The standard InChI is InChI=1S/C11H19N/c1-2-3-10-4-6-11(7-5-10)8-9-12/h2-3,9-12H,4-8H2,1H3/b3-2+,12-9?. The van der Waals surface area contributed by atoms with E-state index in [2.05, 4.69) is 19.1 Å². The van der Waals surface area contributed by atoms with Crippen LogP contribution in [0.1, 0.15) is 39.0 Å². The predicted octanol–water partition coefficient (Wildman–Crippen LogP) is 3.41. The van der Waals surface area contributed by atoms with Crippen LogP contribution in [0.3, 0.4) is 0 Å². The van der Waals surface area contributed by atoms with E-state index in [4.69, 9.17) is 5.41 Å². The van der Waals surface area contributed by atoms with Gasteiger partial charge in [0.2, 0.25) is 0 Å². The van der Waals surface area contributed by atoms with Crippen molar-refractivity contribution in [1.29, 1.82) is 5.41 Å². The lowest BCUT2D eigenvalue weighted by Gasteiger charge is -2.25.